The van der Waals surface area contributed by atoms with Gasteiger partial charge < -0.3 is 15.2 Å². The first kappa shape index (κ1) is 15.4. The molecule has 3 rings (SSSR count). The van der Waals surface area contributed by atoms with E-state index >= 15 is 0 Å². The first-order valence-electron chi connectivity index (χ1n) is 7.90. The van der Waals surface area contributed by atoms with Crippen molar-refractivity contribution in [2.75, 3.05) is 18.5 Å². The highest BCUT2D eigenvalue weighted by atomic mass is 16.5. The Morgan fingerprint density at radius 2 is 2.17 bits per heavy atom. The summed E-state index contributed by atoms with van der Waals surface area (Å²) in [7, 11) is 0. The molecule has 2 unspecified atom stereocenters. The summed E-state index contributed by atoms with van der Waals surface area (Å²) in [6.07, 6.45) is 3.85. The Balaban J connectivity index is 1.36. The van der Waals surface area contributed by atoms with Crippen molar-refractivity contribution in [3.8, 4) is 5.75 Å². The number of hydrogen-bond donors (Lipinski definition) is 3. The lowest BCUT2D eigenvalue weighted by atomic mass is 10.1. The Morgan fingerprint density at radius 1 is 1.35 bits per heavy atom. The van der Waals surface area contributed by atoms with Gasteiger partial charge in [-0.05, 0) is 48.4 Å². The van der Waals surface area contributed by atoms with Gasteiger partial charge in [-0.2, -0.15) is 5.10 Å². The van der Waals surface area contributed by atoms with Crippen LogP contribution in [0, 0.1) is 5.92 Å². The molecule has 23 heavy (non-hydrogen) atoms. The molecule has 0 aliphatic heterocycles. The van der Waals surface area contributed by atoms with Crippen molar-refractivity contribution in [1.82, 2.24) is 10.2 Å². The van der Waals surface area contributed by atoms with Crippen LogP contribution in [0.5, 0.6) is 5.75 Å². The van der Waals surface area contributed by atoms with E-state index in [2.05, 4.69) is 15.5 Å². The van der Waals surface area contributed by atoms with Gasteiger partial charge in [-0.15, -0.1) is 0 Å². The molecule has 1 heterocycles. The summed E-state index contributed by atoms with van der Waals surface area (Å²) in [6.45, 7) is 1.46. The molecule has 0 bridgehead atoms. The minimum absolute atomic E-state index is 0.270. The van der Waals surface area contributed by atoms with Crippen LogP contribution in [0.1, 0.15) is 30.7 Å². The van der Waals surface area contributed by atoms with Gasteiger partial charge in [0.1, 0.15) is 11.6 Å². The molecule has 0 spiro atoms. The number of carboxylic acids is 1. The standard InChI is InChI=1S/C17H21N3O3/c21-17(22)11-13-10-15(13)12-2-4-14(5-3-12)23-9-1-7-18-16-6-8-19-20-16/h2-6,8,13,15H,1,7,9-11H2,(H,21,22)(H2,18,19,20). The average Bonchev–Trinajstić information content (AvgIpc) is 3.08. The highest BCUT2D eigenvalue weighted by Crippen LogP contribution is 2.49. The maximum absolute atomic E-state index is 10.7. The van der Waals surface area contributed by atoms with Crippen molar-refractivity contribution in [3.63, 3.8) is 0 Å². The van der Waals surface area contributed by atoms with Crippen molar-refractivity contribution < 1.29 is 14.6 Å². The van der Waals surface area contributed by atoms with Gasteiger partial charge in [-0.3, -0.25) is 9.89 Å². The second-order valence-corrected chi connectivity index (χ2v) is 5.87. The molecule has 6 nitrogen and oxygen atoms in total. The van der Waals surface area contributed by atoms with Gasteiger partial charge in [0.25, 0.3) is 0 Å². The molecular formula is C17H21N3O3. The van der Waals surface area contributed by atoms with Crippen LogP contribution in [0.4, 0.5) is 5.82 Å². The van der Waals surface area contributed by atoms with Crippen LogP contribution >= 0.6 is 0 Å². The normalized spacial score (nSPS) is 19.3. The fourth-order valence-corrected chi connectivity index (χ4v) is 2.76. The van der Waals surface area contributed by atoms with Crippen molar-refractivity contribution in [2.45, 2.75) is 25.2 Å². The van der Waals surface area contributed by atoms with E-state index in [-0.39, 0.29) is 6.42 Å². The van der Waals surface area contributed by atoms with E-state index in [0.29, 0.717) is 18.4 Å². The number of aliphatic carboxylic acids is 1. The number of H-pyrrole nitrogens is 1. The maximum atomic E-state index is 10.7. The molecule has 1 aliphatic carbocycles. The van der Waals surface area contributed by atoms with Crippen LogP contribution in [-0.2, 0) is 4.79 Å². The second kappa shape index (κ2) is 7.17. The number of rotatable bonds is 9. The lowest BCUT2D eigenvalue weighted by Crippen LogP contribution is -2.07. The van der Waals surface area contributed by atoms with Crippen LogP contribution < -0.4 is 10.1 Å². The number of hydrogen-bond acceptors (Lipinski definition) is 4. The molecule has 122 valence electrons. The highest BCUT2D eigenvalue weighted by Gasteiger charge is 2.39. The SMILES string of the molecule is O=C(O)CC1CC1c1ccc(OCCCNc2ccn[nH]2)cc1. The van der Waals surface area contributed by atoms with Crippen LogP contribution in [0.25, 0.3) is 0 Å². The average molecular weight is 315 g/mol. The first-order chi connectivity index (χ1) is 11.2. The van der Waals surface area contributed by atoms with Crippen LogP contribution in [0.15, 0.2) is 36.5 Å². The van der Waals surface area contributed by atoms with E-state index in [0.717, 1.165) is 31.0 Å². The molecule has 3 N–H and O–H groups in total. The number of carbonyl (C=O) groups is 1. The van der Waals surface area contributed by atoms with Crippen LogP contribution in [-0.4, -0.2) is 34.4 Å². The van der Waals surface area contributed by atoms with Gasteiger partial charge in [-0.25, -0.2) is 0 Å². The monoisotopic (exact) mass is 315 g/mol. The van der Waals surface area contributed by atoms with E-state index in [4.69, 9.17) is 9.84 Å². The summed E-state index contributed by atoms with van der Waals surface area (Å²) in [6, 6.07) is 9.91. The van der Waals surface area contributed by atoms with Gasteiger partial charge in [0.15, 0.2) is 0 Å². The van der Waals surface area contributed by atoms with Crippen molar-refractivity contribution in [3.05, 3.63) is 42.1 Å². The summed E-state index contributed by atoms with van der Waals surface area (Å²) in [4.78, 5) is 10.7. The number of aromatic nitrogens is 2. The summed E-state index contributed by atoms with van der Waals surface area (Å²) < 4.78 is 5.71. The number of benzene rings is 1. The Bertz CT molecular complexity index is 625. The molecule has 1 fully saturated rings. The lowest BCUT2D eigenvalue weighted by molar-refractivity contribution is -0.137. The third-order valence-electron chi connectivity index (χ3n) is 4.07. The number of nitrogens with one attached hydrogen (secondary N) is 2. The number of aromatic amines is 1. The molecule has 0 radical (unpaired) electrons. The number of anilines is 1. The lowest BCUT2D eigenvalue weighted by Gasteiger charge is -2.08. The van der Waals surface area contributed by atoms with Gasteiger partial charge in [0.05, 0.1) is 12.8 Å². The van der Waals surface area contributed by atoms with Crippen molar-refractivity contribution >= 4 is 11.8 Å². The highest BCUT2D eigenvalue weighted by molar-refractivity contribution is 5.67. The second-order valence-electron chi connectivity index (χ2n) is 5.87. The van der Waals surface area contributed by atoms with Gasteiger partial charge in [0.2, 0.25) is 0 Å². The number of nitrogens with zero attached hydrogens (tertiary/aromatic N) is 1. The van der Waals surface area contributed by atoms with Crippen molar-refractivity contribution in [1.29, 1.82) is 0 Å². The fourth-order valence-electron chi connectivity index (χ4n) is 2.76. The van der Waals surface area contributed by atoms with E-state index < -0.39 is 5.97 Å². The van der Waals surface area contributed by atoms with E-state index in [1.165, 1.54) is 5.56 Å². The Hall–Kier alpha value is -2.50. The molecule has 2 aromatic rings. The predicted molar refractivity (Wildman–Crippen MR) is 86.7 cm³/mol. The van der Waals surface area contributed by atoms with Crippen LogP contribution in [0.2, 0.25) is 0 Å². The molecular weight excluding hydrogens is 294 g/mol. The van der Waals surface area contributed by atoms with Gasteiger partial charge in [0, 0.05) is 13.0 Å². The molecule has 0 saturated heterocycles. The maximum Gasteiger partial charge on any atom is 0.303 e. The first-order valence-corrected chi connectivity index (χ1v) is 7.90. The number of ether oxygens (including phenoxy) is 1. The fraction of sp³-hybridized carbons (Fsp3) is 0.412. The molecule has 2 atom stereocenters. The molecule has 1 aliphatic rings. The van der Waals surface area contributed by atoms with Crippen LogP contribution in [0.3, 0.4) is 0 Å². The van der Waals surface area contributed by atoms with Crippen molar-refractivity contribution in [2.24, 2.45) is 5.92 Å². The summed E-state index contributed by atoms with van der Waals surface area (Å²) in [5.41, 5.74) is 1.21. The van der Waals surface area contributed by atoms with E-state index in [1.54, 1.807) is 6.20 Å². The zero-order valence-electron chi connectivity index (χ0n) is 12.9. The Kier molecular flexibility index (Phi) is 4.80. The van der Waals surface area contributed by atoms with Gasteiger partial charge in [-0.1, -0.05) is 12.1 Å². The third kappa shape index (κ3) is 4.48. The van der Waals surface area contributed by atoms with E-state index in [1.807, 2.05) is 30.3 Å². The zero-order valence-corrected chi connectivity index (χ0v) is 12.9. The molecule has 1 saturated carbocycles. The molecule has 1 aromatic heterocycles. The molecule has 1 aromatic carbocycles. The Labute approximate surface area is 134 Å². The summed E-state index contributed by atoms with van der Waals surface area (Å²) in [5, 5.41) is 18.7. The smallest absolute Gasteiger partial charge is 0.303 e. The van der Waals surface area contributed by atoms with E-state index in [9.17, 15) is 4.79 Å². The molecule has 0 amide bonds. The van der Waals surface area contributed by atoms with Gasteiger partial charge >= 0.3 is 5.97 Å². The minimum Gasteiger partial charge on any atom is -0.494 e. The third-order valence-corrected chi connectivity index (χ3v) is 4.07. The zero-order chi connectivity index (χ0) is 16.1. The topological polar surface area (TPSA) is 87.2 Å². The quantitative estimate of drug-likeness (QED) is 0.619. The summed E-state index contributed by atoms with van der Waals surface area (Å²) >= 11 is 0. The molecule has 6 heteroatoms. The largest absolute Gasteiger partial charge is 0.494 e. The Morgan fingerprint density at radius 3 is 2.87 bits per heavy atom. The summed E-state index contributed by atoms with van der Waals surface area (Å²) in [5.74, 6) is 1.76. The number of carboxylic acid groups (broad SMARTS) is 1. The predicted octanol–water partition coefficient (Wildman–Crippen LogP) is 2.87. The minimum atomic E-state index is -0.707.